The van der Waals surface area contributed by atoms with Crippen LogP contribution in [0.25, 0.3) is 5.65 Å². The van der Waals surface area contributed by atoms with Crippen molar-refractivity contribution in [3.05, 3.63) is 82.7 Å². The van der Waals surface area contributed by atoms with Crippen molar-refractivity contribution in [3.8, 4) is 11.6 Å². The number of aromatic nitrogens is 3. The Hall–Kier alpha value is -4.20. The molecule has 34 heavy (non-hydrogen) atoms. The Kier molecular flexibility index (Phi) is 5.28. The zero-order chi connectivity index (χ0) is 24.0. The maximum atomic E-state index is 13.2. The lowest BCUT2D eigenvalue weighted by Gasteiger charge is -2.15. The number of nitrogens with zero attached hydrogens (tertiary/aromatic N) is 3. The quantitative estimate of drug-likeness (QED) is 0.428. The monoisotopic (exact) mass is 456 g/mol. The van der Waals surface area contributed by atoms with Crippen molar-refractivity contribution in [1.82, 2.24) is 14.6 Å². The second-order valence-electron chi connectivity index (χ2n) is 8.75. The van der Waals surface area contributed by atoms with E-state index < -0.39 is 5.97 Å². The first kappa shape index (κ1) is 21.6. The van der Waals surface area contributed by atoms with E-state index in [-0.39, 0.29) is 17.7 Å². The molecule has 8 heteroatoms. The number of ether oxygens (including phenoxy) is 1. The number of hydrogen-bond donors (Lipinski definition) is 2. The van der Waals surface area contributed by atoms with E-state index >= 15 is 0 Å². The van der Waals surface area contributed by atoms with E-state index in [4.69, 9.17) is 4.74 Å². The highest BCUT2D eigenvalue weighted by molar-refractivity contribution is 6.06. The molecule has 2 atom stereocenters. The molecule has 1 fully saturated rings. The van der Waals surface area contributed by atoms with Gasteiger partial charge in [-0.05, 0) is 73.6 Å². The Bertz CT molecular complexity index is 1420. The number of hydrogen-bond acceptors (Lipinski definition) is 5. The topological polar surface area (TPSA) is 106 Å². The Balaban J connectivity index is 1.35. The highest BCUT2D eigenvalue weighted by Crippen LogP contribution is 2.48. The number of aryl methyl sites for hydroxylation is 3. The number of anilines is 1. The number of amides is 1. The number of carbonyl (C=O) groups is 2. The third-order valence-electron chi connectivity index (χ3n) is 6.23. The van der Waals surface area contributed by atoms with Gasteiger partial charge in [-0.1, -0.05) is 12.1 Å². The average Bonchev–Trinajstić information content (AvgIpc) is 3.45. The van der Waals surface area contributed by atoms with Gasteiger partial charge in [-0.15, -0.1) is 0 Å². The number of rotatable bonds is 6. The van der Waals surface area contributed by atoms with Crippen molar-refractivity contribution in [1.29, 1.82) is 0 Å². The van der Waals surface area contributed by atoms with E-state index in [1.54, 1.807) is 29.0 Å². The van der Waals surface area contributed by atoms with E-state index in [0.29, 0.717) is 34.9 Å². The summed E-state index contributed by atoms with van der Waals surface area (Å²) in [5.41, 5.74) is 5.36. The van der Waals surface area contributed by atoms with Gasteiger partial charge in [0.1, 0.15) is 5.75 Å². The Labute approximate surface area is 196 Å². The first-order valence-electron chi connectivity index (χ1n) is 11.0. The van der Waals surface area contributed by atoms with Crippen LogP contribution in [-0.2, 0) is 4.79 Å². The molecule has 172 valence electrons. The largest absolute Gasteiger partial charge is 0.481 e. The number of nitrogens with one attached hydrogen (secondary N) is 1. The number of aliphatic carboxylic acids is 1. The summed E-state index contributed by atoms with van der Waals surface area (Å²) in [5, 5.41) is 16.4. The second-order valence-corrected chi connectivity index (χ2v) is 8.75. The van der Waals surface area contributed by atoms with Crippen LogP contribution in [0.5, 0.6) is 11.6 Å². The van der Waals surface area contributed by atoms with Crippen molar-refractivity contribution in [2.75, 3.05) is 5.32 Å². The average molecular weight is 457 g/mol. The number of carbonyl (C=O) groups excluding carboxylic acids is 1. The van der Waals surface area contributed by atoms with Gasteiger partial charge in [0.2, 0.25) is 5.88 Å². The molecule has 0 aliphatic heterocycles. The van der Waals surface area contributed by atoms with E-state index in [2.05, 4.69) is 15.4 Å². The normalized spacial score (nSPS) is 16.9. The summed E-state index contributed by atoms with van der Waals surface area (Å²) in [5.74, 6) is -0.293. The van der Waals surface area contributed by atoms with Crippen LogP contribution in [0.15, 0.2) is 54.9 Å². The van der Waals surface area contributed by atoms with E-state index in [0.717, 1.165) is 22.3 Å². The third-order valence-corrected chi connectivity index (χ3v) is 6.23. The molecule has 8 nitrogen and oxygen atoms in total. The summed E-state index contributed by atoms with van der Waals surface area (Å²) in [4.78, 5) is 28.8. The van der Waals surface area contributed by atoms with Gasteiger partial charge >= 0.3 is 5.97 Å². The SMILES string of the molecule is Cc1ccc([C@H]2C[C@H]2C(=O)O)cc1NC(=O)c1c(C)cc(Oc2ccn3nccc3n2)cc1C. The van der Waals surface area contributed by atoms with Crippen LogP contribution in [-0.4, -0.2) is 31.6 Å². The van der Waals surface area contributed by atoms with Gasteiger partial charge in [-0.3, -0.25) is 9.59 Å². The molecule has 1 saturated carbocycles. The minimum absolute atomic E-state index is 0.00375. The summed E-state index contributed by atoms with van der Waals surface area (Å²) < 4.78 is 7.59. The molecule has 5 rings (SSSR count). The molecule has 0 saturated heterocycles. The predicted octanol–water partition coefficient (Wildman–Crippen LogP) is 4.89. The molecule has 2 N–H and O–H groups in total. The molecule has 1 aliphatic rings. The summed E-state index contributed by atoms with van der Waals surface area (Å²) in [7, 11) is 0. The maximum absolute atomic E-state index is 13.2. The van der Waals surface area contributed by atoms with Gasteiger partial charge in [0.05, 0.1) is 12.1 Å². The fourth-order valence-corrected chi connectivity index (χ4v) is 4.34. The predicted molar refractivity (Wildman–Crippen MR) is 127 cm³/mol. The van der Waals surface area contributed by atoms with Gasteiger partial charge in [0.15, 0.2) is 5.65 Å². The summed E-state index contributed by atoms with van der Waals surface area (Å²) in [6.07, 6.45) is 4.07. The summed E-state index contributed by atoms with van der Waals surface area (Å²) in [6.45, 7) is 5.66. The van der Waals surface area contributed by atoms with Gasteiger partial charge in [-0.2, -0.15) is 10.1 Å². The van der Waals surface area contributed by atoms with Gasteiger partial charge in [-0.25, -0.2) is 4.52 Å². The Morgan fingerprint density at radius 1 is 1.06 bits per heavy atom. The molecule has 4 aromatic rings. The van der Waals surface area contributed by atoms with Crippen molar-refractivity contribution in [2.45, 2.75) is 33.1 Å². The van der Waals surface area contributed by atoms with Crippen LogP contribution in [0.3, 0.4) is 0 Å². The number of benzene rings is 2. The molecule has 2 heterocycles. The van der Waals surface area contributed by atoms with Gasteiger partial charge in [0.25, 0.3) is 5.91 Å². The van der Waals surface area contributed by atoms with Crippen molar-refractivity contribution < 1.29 is 19.4 Å². The number of fused-ring (bicyclic) bond motifs is 1. The molecule has 0 spiro atoms. The fourth-order valence-electron chi connectivity index (χ4n) is 4.34. The van der Waals surface area contributed by atoms with Gasteiger partial charge in [0, 0.05) is 29.6 Å². The van der Waals surface area contributed by atoms with Crippen LogP contribution in [0, 0.1) is 26.7 Å². The molecule has 0 bridgehead atoms. The number of carboxylic acids is 1. The zero-order valence-electron chi connectivity index (χ0n) is 19.1. The smallest absolute Gasteiger partial charge is 0.307 e. The van der Waals surface area contributed by atoms with Crippen LogP contribution < -0.4 is 10.1 Å². The third kappa shape index (κ3) is 4.10. The minimum Gasteiger partial charge on any atom is -0.481 e. The Morgan fingerprint density at radius 3 is 2.53 bits per heavy atom. The van der Waals surface area contributed by atoms with Crippen LogP contribution >= 0.6 is 0 Å². The summed E-state index contributed by atoms with van der Waals surface area (Å²) in [6, 6.07) is 12.9. The molecular weight excluding hydrogens is 432 g/mol. The van der Waals surface area contributed by atoms with Crippen molar-refractivity contribution in [2.24, 2.45) is 5.92 Å². The van der Waals surface area contributed by atoms with Crippen LogP contribution in [0.1, 0.15) is 45.0 Å². The van der Waals surface area contributed by atoms with Gasteiger partial charge < -0.3 is 15.2 Å². The first-order chi connectivity index (χ1) is 16.3. The maximum Gasteiger partial charge on any atom is 0.307 e. The standard InChI is InChI=1S/C26H24N4O4/c1-14-4-5-17(19-13-20(19)26(32)33)12-21(14)28-25(31)24-15(2)10-18(11-16(24)3)34-23-7-9-30-22(29-23)6-8-27-30/h4-12,19-20H,13H2,1-3H3,(H,28,31)(H,32,33)/t19-,20-/m1/s1. The first-order valence-corrected chi connectivity index (χ1v) is 11.0. The minimum atomic E-state index is -0.773. The summed E-state index contributed by atoms with van der Waals surface area (Å²) >= 11 is 0. The van der Waals surface area contributed by atoms with E-state index in [1.165, 1.54) is 0 Å². The Morgan fingerprint density at radius 2 is 1.82 bits per heavy atom. The highest BCUT2D eigenvalue weighted by Gasteiger charge is 2.44. The fraction of sp³-hybridized carbons (Fsp3) is 0.231. The lowest BCUT2D eigenvalue weighted by molar-refractivity contribution is -0.138. The molecule has 0 unspecified atom stereocenters. The molecule has 0 radical (unpaired) electrons. The second kappa shape index (κ2) is 8.30. The number of carboxylic acid groups (broad SMARTS) is 1. The van der Waals surface area contributed by atoms with Crippen LogP contribution in [0.4, 0.5) is 5.69 Å². The molecule has 2 aromatic carbocycles. The lowest BCUT2D eigenvalue weighted by atomic mass is 10.0. The molecular formula is C26H24N4O4. The van der Waals surface area contributed by atoms with E-state index in [1.807, 2.05) is 51.1 Å². The molecule has 1 aliphatic carbocycles. The van der Waals surface area contributed by atoms with Crippen LogP contribution in [0.2, 0.25) is 0 Å². The molecule has 1 amide bonds. The van der Waals surface area contributed by atoms with Crippen molar-refractivity contribution in [3.63, 3.8) is 0 Å². The van der Waals surface area contributed by atoms with E-state index in [9.17, 15) is 14.7 Å². The lowest BCUT2D eigenvalue weighted by Crippen LogP contribution is -2.16. The molecule has 2 aromatic heterocycles. The van der Waals surface area contributed by atoms with Crippen molar-refractivity contribution >= 4 is 23.2 Å². The zero-order valence-corrected chi connectivity index (χ0v) is 19.1. The highest BCUT2D eigenvalue weighted by atomic mass is 16.5.